The van der Waals surface area contributed by atoms with E-state index in [1.54, 1.807) is 7.11 Å². The minimum Gasteiger partial charge on any atom is -0.467 e. The summed E-state index contributed by atoms with van der Waals surface area (Å²) in [5.74, 6) is 0.674. The Morgan fingerprint density at radius 2 is 1.96 bits per heavy atom. The third kappa shape index (κ3) is 2.84. The third-order valence-electron chi connectivity index (χ3n) is 5.47. The molecule has 2 aliphatic rings. The molecule has 0 spiro atoms. The Bertz CT molecular complexity index is 1080. The molecule has 5 rings (SSSR count). The largest absolute Gasteiger partial charge is 0.467 e. The number of amides is 1. The smallest absolute Gasteiger partial charge is 0.256 e. The molecule has 3 aromatic rings. The van der Waals surface area contributed by atoms with E-state index in [1.807, 2.05) is 30.3 Å². The Labute approximate surface area is 163 Å². The fourth-order valence-corrected chi connectivity index (χ4v) is 4.28. The number of methoxy groups -OCH3 is 1. The van der Waals surface area contributed by atoms with Gasteiger partial charge in [-0.25, -0.2) is 0 Å². The molecule has 0 saturated heterocycles. The number of hydrogen-bond acceptors (Lipinski definition) is 4. The summed E-state index contributed by atoms with van der Waals surface area (Å²) >= 11 is 0. The van der Waals surface area contributed by atoms with Gasteiger partial charge in [0.25, 0.3) is 5.91 Å². The lowest BCUT2D eigenvalue weighted by atomic mass is 9.99. The zero-order valence-corrected chi connectivity index (χ0v) is 15.7. The fraction of sp³-hybridized carbons (Fsp3) is 0.261. The van der Waals surface area contributed by atoms with Crippen LogP contribution in [0.1, 0.15) is 32.6 Å². The topological polar surface area (TPSA) is 56.8 Å². The second-order valence-corrected chi connectivity index (χ2v) is 7.23. The van der Waals surface area contributed by atoms with E-state index in [0.29, 0.717) is 24.5 Å². The first kappa shape index (κ1) is 17.2. The molecule has 1 amide bonds. The van der Waals surface area contributed by atoms with E-state index in [4.69, 9.17) is 14.2 Å². The quantitative estimate of drug-likeness (QED) is 0.742. The highest BCUT2D eigenvalue weighted by Gasteiger charge is 2.21. The molecule has 1 aliphatic carbocycles. The molecule has 3 aromatic carbocycles. The van der Waals surface area contributed by atoms with Crippen LogP contribution in [0.2, 0.25) is 0 Å². The molecule has 0 fully saturated rings. The summed E-state index contributed by atoms with van der Waals surface area (Å²) in [6.07, 6.45) is 2.09. The van der Waals surface area contributed by atoms with Crippen molar-refractivity contribution in [1.82, 2.24) is 0 Å². The van der Waals surface area contributed by atoms with Crippen LogP contribution >= 0.6 is 0 Å². The zero-order valence-electron chi connectivity index (χ0n) is 15.7. The number of fused-ring (bicyclic) bond motifs is 1. The number of ether oxygens (including phenoxy) is 3. The van der Waals surface area contributed by atoms with Crippen molar-refractivity contribution in [3.05, 3.63) is 70.3 Å². The molecular formula is C23H21NO4. The minimum atomic E-state index is -0.114. The molecule has 0 aromatic heterocycles. The highest BCUT2D eigenvalue weighted by atomic mass is 16.7. The Morgan fingerprint density at radius 3 is 2.82 bits per heavy atom. The first-order valence-corrected chi connectivity index (χ1v) is 9.44. The Morgan fingerprint density at radius 1 is 1.11 bits per heavy atom. The summed E-state index contributed by atoms with van der Waals surface area (Å²) in [4.78, 5) is 13.1. The van der Waals surface area contributed by atoms with Gasteiger partial charge < -0.3 is 19.5 Å². The van der Waals surface area contributed by atoms with Gasteiger partial charge in [-0.2, -0.15) is 0 Å². The van der Waals surface area contributed by atoms with E-state index in [0.717, 1.165) is 35.1 Å². The van der Waals surface area contributed by atoms with Crippen molar-refractivity contribution in [2.24, 2.45) is 0 Å². The van der Waals surface area contributed by atoms with Gasteiger partial charge in [0.2, 0.25) is 0 Å². The van der Waals surface area contributed by atoms with Crippen LogP contribution in [0.3, 0.4) is 0 Å². The van der Waals surface area contributed by atoms with Crippen molar-refractivity contribution in [2.75, 3.05) is 19.2 Å². The van der Waals surface area contributed by atoms with E-state index in [2.05, 4.69) is 17.4 Å². The number of rotatable bonds is 4. The van der Waals surface area contributed by atoms with E-state index < -0.39 is 0 Å². The van der Waals surface area contributed by atoms with Crippen LogP contribution in [-0.2, 0) is 35.5 Å². The molecule has 1 aliphatic heterocycles. The monoisotopic (exact) mass is 375 g/mol. The van der Waals surface area contributed by atoms with Crippen LogP contribution in [0.25, 0.3) is 10.8 Å². The van der Waals surface area contributed by atoms with Crippen molar-refractivity contribution < 1.29 is 19.0 Å². The summed E-state index contributed by atoms with van der Waals surface area (Å²) in [7, 11) is 1.64. The zero-order chi connectivity index (χ0) is 19.1. The van der Waals surface area contributed by atoms with Crippen LogP contribution in [0.5, 0.6) is 5.75 Å². The Balaban J connectivity index is 1.51. The Hall–Kier alpha value is -2.89. The van der Waals surface area contributed by atoms with Gasteiger partial charge in [-0.05, 0) is 52.9 Å². The molecule has 142 valence electrons. The number of aryl methyl sites for hydroxylation is 2. The first-order chi connectivity index (χ1) is 13.7. The Kier molecular flexibility index (Phi) is 4.26. The molecule has 0 saturated carbocycles. The fourth-order valence-electron chi connectivity index (χ4n) is 4.28. The van der Waals surface area contributed by atoms with Gasteiger partial charge in [0, 0.05) is 29.5 Å². The predicted molar refractivity (Wildman–Crippen MR) is 107 cm³/mol. The van der Waals surface area contributed by atoms with E-state index in [9.17, 15) is 4.79 Å². The molecule has 5 nitrogen and oxygen atoms in total. The van der Waals surface area contributed by atoms with Gasteiger partial charge in [-0.15, -0.1) is 0 Å². The average molecular weight is 375 g/mol. The predicted octanol–water partition coefficient (Wildman–Crippen LogP) is 4.20. The van der Waals surface area contributed by atoms with Crippen LogP contribution in [0.4, 0.5) is 5.69 Å². The molecule has 0 unspecified atom stereocenters. The lowest BCUT2D eigenvalue weighted by Gasteiger charge is -2.22. The number of hydrogen-bond donors (Lipinski definition) is 1. The summed E-state index contributed by atoms with van der Waals surface area (Å²) in [6.45, 7) is 1.10. The van der Waals surface area contributed by atoms with Crippen LogP contribution in [0, 0.1) is 0 Å². The second-order valence-electron chi connectivity index (χ2n) is 7.23. The van der Waals surface area contributed by atoms with Crippen molar-refractivity contribution in [3.63, 3.8) is 0 Å². The molecule has 0 radical (unpaired) electrons. The molecular weight excluding hydrogens is 354 g/mol. The minimum absolute atomic E-state index is 0.114. The maximum absolute atomic E-state index is 13.1. The van der Waals surface area contributed by atoms with E-state index in [-0.39, 0.29) is 12.7 Å². The number of anilines is 1. The van der Waals surface area contributed by atoms with Gasteiger partial charge in [0.05, 0.1) is 13.2 Å². The van der Waals surface area contributed by atoms with Crippen molar-refractivity contribution in [2.45, 2.75) is 26.1 Å². The van der Waals surface area contributed by atoms with Crippen molar-refractivity contribution in [3.8, 4) is 5.75 Å². The standard InChI is InChI=1S/C23H21NO4/c1-26-11-16-9-18(10-17-12-27-13-28-22(16)17)24-23(25)20-8-7-15-6-5-14-3-2-4-19(20)21(14)15/h2-4,7-10H,5-6,11-13H2,1H3,(H,24,25). The average Bonchev–Trinajstić information content (AvgIpc) is 3.13. The van der Waals surface area contributed by atoms with Crippen molar-refractivity contribution >= 4 is 22.4 Å². The molecule has 28 heavy (non-hydrogen) atoms. The van der Waals surface area contributed by atoms with E-state index in [1.165, 1.54) is 16.5 Å². The van der Waals surface area contributed by atoms with Gasteiger partial charge in [0.1, 0.15) is 5.75 Å². The number of benzene rings is 3. The molecule has 5 heteroatoms. The SMILES string of the molecule is COCc1cc(NC(=O)c2ccc3c4c(cccc24)CC3)cc2c1OCOC2. The van der Waals surface area contributed by atoms with Crippen LogP contribution in [0.15, 0.2) is 42.5 Å². The lowest BCUT2D eigenvalue weighted by Crippen LogP contribution is -2.16. The summed E-state index contributed by atoms with van der Waals surface area (Å²) in [5.41, 5.74) is 5.88. The molecule has 1 heterocycles. The number of carbonyl (C=O) groups is 1. The van der Waals surface area contributed by atoms with Crippen LogP contribution in [-0.4, -0.2) is 19.8 Å². The highest BCUT2D eigenvalue weighted by Crippen LogP contribution is 2.34. The maximum atomic E-state index is 13.1. The first-order valence-electron chi connectivity index (χ1n) is 9.44. The normalized spacial score (nSPS) is 14.6. The maximum Gasteiger partial charge on any atom is 0.256 e. The lowest BCUT2D eigenvalue weighted by molar-refractivity contribution is -0.0179. The summed E-state index contributed by atoms with van der Waals surface area (Å²) in [6, 6.07) is 14.1. The summed E-state index contributed by atoms with van der Waals surface area (Å²) in [5, 5.41) is 5.31. The van der Waals surface area contributed by atoms with Crippen molar-refractivity contribution in [1.29, 1.82) is 0 Å². The molecule has 0 atom stereocenters. The second kappa shape index (κ2) is 6.93. The van der Waals surface area contributed by atoms with Gasteiger partial charge in [-0.1, -0.05) is 24.3 Å². The molecule has 1 N–H and O–H groups in total. The summed E-state index contributed by atoms with van der Waals surface area (Å²) < 4.78 is 16.3. The number of carbonyl (C=O) groups excluding carboxylic acids is 1. The third-order valence-corrected chi connectivity index (χ3v) is 5.47. The highest BCUT2D eigenvalue weighted by molar-refractivity contribution is 6.14. The van der Waals surface area contributed by atoms with Gasteiger partial charge >= 0.3 is 0 Å². The molecule has 0 bridgehead atoms. The number of nitrogens with one attached hydrogen (secondary N) is 1. The van der Waals surface area contributed by atoms with E-state index >= 15 is 0 Å². The van der Waals surface area contributed by atoms with Gasteiger partial charge in [0.15, 0.2) is 6.79 Å². The van der Waals surface area contributed by atoms with Gasteiger partial charge in [-0.3, -0.25) is 4.79 Å². The van der Waals surface area contributed by atoms with Crippen LogP contribution < -0.4 is 10.1 Å².